The minimum Gasteiger partial charge on any atom is -0.382 e. The van der Waals surface area contributed by atoms with E-state index in [1.165, 1.54) is 12.5 Å². The first kappa shape index (κ1) is 31.6. The molecule has 12 heteroatoms. The second kappa shape index (κ2) is 13.2. The molecule has 4 aromatic rings. The minimum atomic E-state index is -1.26. The van der Waals surface area contributed by atoms with Gasteiger partial charge in [-0.2, -0.15) is 5.10 Å². The summed E-state index contributed by atoms with van der Waals surface area (Å²) < 4.78 is 1.86. The van der Waals surface area contributed by atoms with Crippen LogP contribution in [0.15, 0.2) is 84.0 Å². The number of piperidine rings is 1. The van der Waals surface area contributed by atoms with Crippen LogP contribution in [-0.4, -0.2) is 66.9 Å². The van der Waals surface area contributed by atoms with Gasteiger partial charge in [0.1, 0.15) is 17.7 Å². The van der Waals surface area contributed by atoms with Crippen LogP contribution >= 0.6 is 0 Å². The summed E-state index contributed by atoms with van der Waals surface area (Å²) >= 11 is 0. The molecule has 242 valence electrons. The average Bonchev–Trinajstić information content (AvgIpc) is 3.47. The fourth-order valence-electron chi connectivity index (χ4n) is 6.44. The predicted octanol–water partition coefficient (Wildman–Crippen LogP) is 4.75. The molecule has 1 fully saturated rings. The maximum Gasteiger partial charge on any atom is 0.256 e. The number of nitrogens with zero attached hydrogens (tertiary/aromatic N) is 6. The first-order valence-electron chi connectivity index (χ1n) is 15.8. The second-order valence-electron chi connectivity index (χ2n) is 12.2. The van der Waals surface area contributed by atoms with Crippen molar-refractivity contribution in [1.82, 2.24) is 24.5 Å². The molecular formula is C35H39N9O3. The van der Waals surface area contributed by atoms with Crippen molar-refractivity contribution in [3.63, 3.8) is 0 Å². The molecule has 2 aliphatic heterocycles. The van der Waals surface area contributed by atoms with E-state index >= 15 is 0 Å². The number of hydrogen-bond acceptors (Lipinski definition) is 9. The van der Waals surface area contributed by atoms with Crippen molar-refractivity contribution in [1.29, 1.82) is 5.41 Å². The van der Waals surface area contributed by atoms with E-state index in [1.807, 2.05) is 48.4 Å². The number of amides is 2. The van der Waals surface area contributed by atoms with E-state index in [0.29, 0.717) is 42.4 Å². The van der Waals surface area contributed by atoms with E-state index in [0.717, 1.165) is 40.9 Å². The molecule has 0 spiro atoms. The van der Waals surface area contributed by atoms with Gasteiger partial charge in [-0.3, -0.25) is 14.5 Å². The molecular weight excluding hydrogens is 594 g/mol. The van der Waals surface area contributed by atoms with Gasteiger partial charge in [-0.05, 0) is 73.5 Å². The predicted molar refractivity (Wildman–Crippen MR) is 182 cm³/mol. The number of aliphatic hydroxyl groups excluding tert-OH is 1. The van der Waals surface area contributed by atoms with Crippen LogP contribution in [0.1, 0.15) is 51.6 Å². The normalized spacial score (nSPS) is 17.3. The Morgan fingerprint density at radius 3 is 2.53 bits per heavy atom. The van der Waals surface area contributed by atoms with Gasteiger partial charge >= 0.3 is 0 Å². The zero-order valence-corrected chi connectivity index (χ0v) is 26.7. The number of likely N-dealkylation sites (tertiary alicyclic amines) is 1. The molecule has 0 aliphatic carbocycles. The van der Waals surface area contributed by atoms with Crippen LogP contribution < -0.4 is 16.0 Å². The van der Waals surface area contributed by atoms with Crippen molar-refractivity contribution >= 4 is 40.9 Å². The SMILES string of the molecule is CC1=C(CC=N)C=C(C(=O)Nc2ccc(-c3cc(C4CCN(C(=O)C(C)C)CC4)n4ncnc(N)c34)cc2)C(O)N1c1ccccn1. The molecule has 3 aromatic heterocycles. The number of hydrogen-bond donors (Lipinski definition) is 4. The van der Waals surface area contributed by atoms with E-state index in [1.54, 1.807) is 41.4 Å². The number of aliphatic hydroxyl groups is 1. The maximum atomic E-state index is 13.5. The lowest BCUT2D eigenvalue weighted by atomic mass is 9.92. The lowest BCUT2D eigenvalue weighted by Gasteiger charge is -2.35. The molecule has 0 saturated carbocycles. The molecule has 47 heavy (non-hydrogen) atoms. The van der Waals surface area contributed by atoms with Crippen LogP contribution in [-0.2, 0) is 9.59 Å². The van der Waals surface area contributed by atoms with Crippen molar-refractivity contribution < 1.29 is 14.7 Å². The number of pyridine rings is 1. The Labute approximate surface area is 273 Å². The number of nitrogen functional groups attached to an aromatic ring is 1. The third-order valence-corrected chi connectivity index (χ3v) is 8.94. The van der Waals surface area contributed by atoms with E-state index in [-0.39, 0.29) is 23.3 Å². The van der Waals surface area contributed by atoms with Gasteiger partial charge < -0.3 is 26.5 Å². The van der Waals surface area contributed by atoms with E-state index in [4.69, 9.17) is 11.1 Å². The van der Waals surface area contributed by atoms with Crippen molar-refractivity contribution in [2.75, 3.05) is 29.0 Å². The Morgan fingerprint density at radius 2 is 1.87 bits per heavy atom. The van der Waals surface area contributed by atoms with Crippen molar-refractivity contribution in [2.24, 2.45) is 5.92 Å². The highest BCUT2D eigenvalue weighted by Crippen LogP contribution is 2.37. The lowest BCUT2D eigenvalue weighted by molar-refractivity contribution is -0.135. The van der Waals surface area contributed by atoms with Gasteiger partial charge in [0, 0.05) is 60.2 Å². The second-order valence-corrected chi connectivity index (χ2v) is 12.2. The Morgan fingerprint density at radius 1 is 1.13 bits per heavy atom. The molecule has 1 unspecified atom stereocenters. The highest BCUT2D eigenvalue weighted by molar-refractivity contribution is 6.06. The Balaban J connectivity index is 1.24. The summed E-state index contributed by atoms with van der Waals surface area (Å²) in [6.07, 6.45) is 6.70. The van der Waals surface area contributed by atoms with Crippen LogP contribution in [0.25, 0.3) is 16.6 Å². The monoisotopic (exact) mass is 633 g/mol. The Bertz CT molecular complexity index is 1870. The number of allylic oxidation sites excluding steroid dienone is 3. The summed E-state index contributed by atoms with van der Waals surface area (Å²) in [7, 11) is 0. The topological polar surface area (TPSA) is 166 Å². The van der Waals surface area contributed by atoms with Crippen molar-refractivity contribution in [3.05, 3.63) is 89.7 Å². The number of aromatic nitrogens is 4. The van der Waals surface area contributed by atoms with Gasteiger partial charge in [0.25, 0.3) is 5.91 Å². The fraction of sp³-hybridized carbons (Fsp3) is 0.314. The van der Waals surface area contributed by atoms with Crippen LogP contribution in [0.3, 0.4) is 0 Å². The summed E-state index contributed by atoms with van der Waals surface area (Å²) in [6, 6.07) is 14.9. The molecule has 1 aromatic carbocycles. The molecule has 5 heterocycles. The standard InChI is InChI=1S/C35H39N9O3/c1-21(2)34(46)42-16-12-24(13-17-42)29-19-27(31-32(37)39-20-40-44(29)31)23-7-9-26(10-8-23)41-33(45)28-18-25(11-14-36)22(3)43(35(28)47)30-6-4-5-15-38-30/h4-10,14-15,18-21,24,35-36,47H,11-13,16-17H2,1-3H3,(H,41,45)(H2,37,39,40). The summed E-state index contributed by atoms with van der Waals surface area (Å²) in [4.78, 5) is 38.3. The number of rotatable bonds is 8. The number of benzene rings is 1. The van der Waals surface area contributed by atoms with E-state index < -0.39 is 12.1 Å². The van der Waals surface area contributed by atoms with Crippen LogP contribution in [0, 0.1) is 11.3 Å². The summed E-state index contributed by atoms with van der Waals surface area (Å²) in [5.74, 6) is 0.768. The molecule has 2 aliphatic rings. The average molecular weight is 634 g/mol. The van der Waals surface area contributed by atoms with Crippen LogP contribution in [0.2, 0.25) is 0 Å². The van der Waals surface area contributed by atoms with Gasteiger partial charge in [-0.1, -0.05) is 32.0 Å². The van der Waals surface area contributed by atoms with Gasteiger partial charge in [-0.25, -0.2) is 14.5 Å². The third kappa shape index (κ3) is 6.11. The number of anilines is 3. The molecule has 12 nitrogen and oxygen atoms in total. The molecule has 2 amide bonds. The van der Waals surface area contributed by atoms with Crippen LogP contribution in [0.4, 0.5) is 17.3 Å². The Kier molecular flexibility index (Phi) is 8.86. The number of nitrogens with two attached hydrogens (primary N) is 1. The molecule has 1 saturated heterocycles. The van der Waals surface area contributed by atoms with Gasteiger partial charge in [-0.15, -0.1) is 0 Å². The van der Waals surface area contributed by atoms with Crippen LogP contribution in [0.5, 0.6) is 0 Å². The van der Waals surface area contributed by atoms with E-state index in [9.17, 15) is 14.7 Å². The van der Waals surface area contributed by atoms with E-state index in [2.05, 4.69) is 26.4 Å². The molecule has 0 bridgehead atoms. The molecule has 6 rings (SSSR count). The zero-order valence-electron chi connectivity index (χ0n) is 26.7. The highest BCUT2D eigenvalue weighted by atomic mass is 16.3. The first-order chi connectivity index (χ1) is 22.7. The smallest absolute Gasteiger partial charge is 0.256 e. The Hall–Kier alpha value is -5.36. The molecule has 0 radical (unpaired) electrons. The summed E-state index contributed by atoms with van der Waals surface area (Å²) in [6.45, 7) is 7.09. The largest absolute Gasteiger partial charge is 0.382 e. The summed E-state index contributed by atoms with van der Waals surface area (Å²) in [5, 5.41) is 26.4. The number of nitrogens with one attached hydrogen (secondary N) is 2. The minimum absolute atomic E-state index is 0.0239. The van der Waals surface area contributed by atoms with Gasteiger partial charge in [0.2, 0.25) is 5.91 Å². The quantitative estimate of drug-likeness (QED) is 0.202. The molecule has 1 atom stereocenters. The van der Waals surface area contributed by atoms with Gasteiger partial charge in [0.05, 0.1) is 5.57 Å². The van der Waals surface area contributed by atoms with Gasteiger partial charge in [0.15, 0.2) is 12.0 Å². The first-order valence-corrected chi connectivity index (χ1v) is 15.8. The number of fused-ring (bicyclic) bond motifs is 1. The summed E-state index contributed by atoms with van der Waals surface area (Å²) in [5.41, 5.74) is 12.0. The fourth-order valence-corrected chi connectivity index (χ4v) is 6.44. The maximum absolute atomic E-state index is 13.5. The highest BCUT2D eigenvalue weighted by Gasteiger charge is 2.33. The molecule has 5 N–H and O–H groups in total. The lowest BCUT2D eigenvalue weighted by Crippen LogP contribution is -2.42. The number of carbonyl (C=O) groups excluding carboxylic acids is 2. The number of carbonyl (C=O) groups is 2. The van der Waals surface area contributed by atoms with Crippen molar-refractivity contribution in [2.45, 2.75) is 52.2 Å². The van der Waals surface area contributed by atoms with Crippen molar-refractivity contribution in [3.8, 4) is 11.1 Å². The third-order valence-electron chi connectivity index (χ3n) is 8.94. The zero-order chi connectivity index (χ0) is 33.2.